The minimum atomic E-state index is -0.190. The molecule has 0 aromatic carbocycles. The van der Waals surface area contributed by atoms with Crippen LogP contribution in [0.3, 0.4) is 0 Å². The van der Waals surface area contributed by atoms with E-state index in [1.165, 1.54) is 6.20 Å². The summed E-state index contributed by atoms with van der Waals surface area (Å²) in [5.41, 5.74) is 0.482. The first kappa shape index (κ1) is 19.7. The number of carbonyl (C=O) groups is 1. The summed E-state index contributed by atoms with van der Waals surface area (Å²) >= 11 is 0. The van der Waals surface area contributed by atoms with Crippen molar-refractivity contribution in [2.75, 3.05) is 50.0 Å². The molecule has 2 aromatic heterocycles. The molecule has 0 spiro atoms. The minimum Gasteiger partial charge on any atom is -0.349 e. The van der Waals surface area contributed by atoms with Gasteiger partial charge in [-0.25, -0.2) is 4.98 Å². The normalized spacial score (nSPS) is 14.6. The average molecular weight is 382 g/mol. The Morgan fingerprint density at radius 1 is 1.21 bits per heavy atom. The Kier molecular flexibility index (Phi) is 6.49. The molecule has 0 unspecified atom stereocenters. The molecule has 3 rings (SSSR count). The molecule has 1 aliphatic rings. The van der Waals surface area contributed by atoms with E-state index in [9.17, 15) is 4.79 Å². The molecule has 9 nitrogen and oxygen atoms in total. The van der Waals surface area contributed by atoms with Gasteiger partial charge < -0.3 is 20.4 Å². The van der Waals surface area contributed by atoms with E-state index in [1.54, 1.807) is 18.2 Å². The lowest BCUT2D eigenvalue weighted by atomic mass is 10.2. The van der Waals surface area contributed by atoms with Gasteiger partial charge in [0, 0.05) is 45.3 Å². The number of anilines is 3. The van der Waals surface area contributed by atoms with Gasteiger partial charge in [0.25, 0.3) is 5.91 Å². The summed E-state index contributed by atoms with van der Waals surface area (Å²) in [6.45, 7) is 9.74. The third-order valence-electron chi connectivity index (χ3n) is 4.44. The Balaban J connectivity index is 1.73. The van der Waals surface area contributed by atoms with E-state index in [2.05, 4.69) is 54.0 Å². The lowest BCUT2D eigenvalue weighted by molar-refractivity contribution is 0.0957. The monoisotopic (exact) mass is 382 g/mol. The van der Waals surface area contributed by atoms with Crippen molar-refractivity contribution in [1.82, 2.24) is 30.2 Å². The molecule has 28 heavy (non-hydrogen) atoms. The minimum absolute atomic E-state index is 0.190. The van der Waals surface area contributed by atoms with Crippen LogP contribution in [-0.4, -0.2) is 70.5 Å². The number of nitrogens with one attached hydrogen (secondary N) is 2. The number of piperazine rings is 1. The average Bonchev–Trinajstić information content (AvgIpc) is 2.72. The van der Waals surface area contributed by atoms with Gasteiger partial charge in [0.15, 0.2) is 0 Å². The van der Waals surface area contributed by atoms with Crippen LogP contribution in [-0.2, 0) is 6.42 Å². The van der Waals surface area contributed by atoms with Crippen LogP contribution in [0.4, 0.5) is 17.7 Å². The first-order valence-electron chi connectivity index (χ1n) is 9.39. The van der Waals surface area contributed by atoms with E-state index < -0.39 is 0 Å². The molecule has 2 aromatic rings. The maximum absolute atomic E-state index is 11.9. The molecule has 3 heterocycles. The van der Waals surface area contributed by atoms with Crippen LogP contribution in [0.25, 0.3) is 0 Å². The molecule has 1 saturated heterocycles. The summed E-state index contributed by atoms with van der Waals surface area (Å²) in [5, 5.41) is 5.84. The van der Waals surface area contributed by atoms with Gasteiger partial charge in [0.2, 0.25) is 11.9 Å². The molecular formula is C19H26N8O. The summed E-state index contributed by atoms with van der Waals surface area (Å²) in [6, 6.07) is 3.44. The topological polar surface area (TPSA) is 99.2 Å². The molecule has 148 valence electrons. The molecule has 1 amide bonds. The van der Waals surface area contributed by atoms with Crippen molar-refractivity contribution in [2.24, 2.45) is 0 Å². The van der Waals surface area contributed by atoms with Crippen LogP contribution in [0.5, 0.6) is 0 Å². The molecule has 9 heteroatoms. The van der Waals surface area contributed by atoms with Crippen LogP contribution in [0, 0.1) is 0 Å². The number of hydrogen-bond donors (Lipinski definition) is 2. The third kappa shape index (κ3) is 5.01. The maximum atomic E-state index is 11.9. The summed E-state index contributed by atoms with van der Waals surface area (Å²) in [6.07, 6.45) is 3.86. The highest BCUT2D eigenvalue weighted by Crippen LogP contribution is 2.16. The Bertz CT molecular complexity index is 815. The summed E-state index contributed by atoms with van der Waals surface area (Å²) < 4.78 is 0. The predicted molar refractivity (Wildman–Crippen MR) is 109 cm³/mol. The van der Waals surface area contributed by atoms with Crippen molar-refractivity contribution < 1.29 is 4.79 Å². The SMILES string of the molecule is C=CCNC(=O)c1ccc(Nc2nc(CC)nc(N3CCN(C)CC3)n2)nc1. The van der Waals surface area contributed by atoms with Gasteiger partial charge in [-0.15, -0.1) is 6.58 Å². The van der Waals surface area contributed by atoms with E-state index in [-0.39, 0.29) is 5.91 Å². The molecule has 0 aliphatic carbocycles. The van der Waals surface area contributed by atoms with Crippen molar-refractivity contribution in [2.45, 2.75) is 13.3 Å². The van der Waals surface area contributed by atoms with E-state index in [4.69, 9.17) is 0 Å². The Morgan fingerprint density at radius 3 is 2.64 bits per heavy atom. The quantitative estimate of drug-likeness (QED) is 0.690. The first-order chi connectivity index (χ1) is 13.6. The van der Waals surface area contributed by atoms with Crippen molar-refractivity contribution in [3.63, 3.8) is 0 Å². The fourth-order valence-corrected chi connectivity index (χ4v) is 2.75. The second-order valence-corrected chi connectivity index (χ2v) is 6.57. The van der Waals surface area contributed by atoms with Crippen molar-refractivity contribution in [1.29, 1.82) is 0 Å². The van der Waals surface area contributed by atoms with Crippen LogP contribution in [0.15, 0.2) is 31.0 Å². The van der Waals surface area contributed by atoms with Crippen LogP contribution >= 0.6 is 0 Å². The van der Waals surface area contributed by atoms with E-state index >= 15 is 0 Å². The van der Waals surface area contributed by atoms with Gasteiger partial charge in [0.1, 0.15) is 11.6 Å². The fraction of sp³-hybridized carbons (Fsp3) is 0.421. The highest BCUT2D eigenvalue weighted by atomic mass is 16.1. The number of rotatable bonds is 7. The molecular weight excluding hydrogens is 356 g/mol. The smallest absolute Gasteiger partial charge is 0.253 e. The largest absolute Gasteiger partial charge is 0.349 e. The number of aromatic nitrogens is 4. The Labute approximate surface area is 164 Å². The van der Waals surface area contributed by atoms with Gasteiger partial charge in [-0.3, -0.25) is 4.79 Å². The van der Waals surface area contributed by atoms with Crippen molar-refractivity contribution >= 4 is 23.6 Å². The van der Waals surface area contributed by atoms with Gasteiger partial charge in [-0.2, -0.15) is 15.0 Å². The predicted octanol–water partition coefficient (Wildman–Crippen LogP) is 1.24. The van der Waals surface area contributed by atoms with Crippen molar-refractivity contribution in [3.05, 3.63) is 42.4 Å². The van der Waals surface area contributed by atoms with Gasteiger partial charge in [0.05, 0.1) is 5.56 Å². The Morgan fingerprint density at radius 2 is 2.00 bits per heavy atom. The maximum Gasteiger partial charge on any atom is 0.253 e. The number of pyridine rings is 1. The zero-order valence-electron chi connectivity index (χ0n) is 16.4. The molecule has 0 radical (unpaired) electrons. The first-order valence-corrected chi connectivity index (χ1v) is 9.39. The van der Waals surface area contributed by atoms with Crippen molar-refractivity contribution in [3.8, 4) is 0 Å². The highest BCUT2D eigenvalue weighted by Gasteiger charge is 2.18. The fourth-order valence-electron chi connectivity index (χ4n) is 2.75. The zero-order valence-corrected chi connectivity index (χ0v) is 16.4. The second kappa shape index (κ2) is 9.23. The molecule has 1 aliphatic heterocycles. The number of amides is 1. The van der Waals surface area contributed by atoms with E-state index in [0.29, 0.717) is 36.2 Å². The lowest BCUT2D eigenvalue weighted by Crippen LogP contribution is -2.45. The second-order valence-electron chi connectivity index (χ2n) is 6.57. The summed E-state index contributed by atoms with van der Waals surface area (Å²) in [4.78, 5) is 34.3. The van der Waals surface area contributed by atoms with E-state index in [1.807, 2.05) is 6.92 Å². The number of aryl methyl sites for hydroxylation is 1. The van der Waals surface area contributed by atoms with Crippen LogP contribution in [0.2, 0.25) is 0 Å². The van der Waals surface area contributed by atoms with Gasteiger partial charge in [-0.05, 0) is 19.2 Å². The highest BCUT2D eigenvalue weighted by molar-refractivity contribution is 5.94. The summed E-state index contributed by atoms with van der Waals surface area (Å²) in [7, 11) is 2.11. The van der Waals surface area contributed by atoms with Gasteiger partial charge >= 0.3 is 0 Å². The number of hydrogen-bond acceptors (Lipinski definition) is 8. The van der Waals surface area contributed by atoms with Crippen LogP contribution in [0.1, 0.15) is 23.1 Å². The number of likely N-dealkylation sites (N-methyl/N-ethyl adjacent to an activating group) is 1. The summed E-state index contributed by atoms with van der Waals surface area (Å²) in [5.74, 6) is 2.24. The lowest BCUT2D eigenvalue weighted by Gasteiger charge is -2.32. The molecule has 0 bridgehead atoms. The standard InChI is InChI=1S/C19H26N8O/c1-4-8-20-17(28)14-6-7-16(21-13-14)23-18-22-15(5-2)24-19(25-18)27-11-9-26(3)10-12-27/h4,6-7,13H,1,5,8-12H2,2-3H3,(H,20,28)(H,21,22,23,24,25). The molecule has 2 N–H and O–H groups in total. The van der Waals surface area contributed by atoms with E-state index in [0.717, 1.165) is 32.0 Å². The Hall–Kier alpha value is -3.07. The zero-order chi connectivity index (χ0) is 19.9. The molecule has 0 atom stereocenters. The number of carbonyl (C=O) groups excluding carboxylic acids is 1. The van der Waals surface area contributed by atoms with Gasteiger partial charge in [-0.1, -0.05) is 13.0 Å². The molecule has 1 fully saturated rings. The molecule has 0 saturated carbocycles. The number of nitrogens with zero attached hydrogens (tertiary/aromatic N) is 6. The third-order valence-corrected chi connectivity index (χ3v) is 4.44. The van der Waals surface area contributed by atoms with Crippen LogP contribution < -0.4 is 15.5 Å².